The average Bonchev–Trinajstić information content (AvgIpc) is 2.15. The van der Waals surface area contributed by atoms with Crippen LogP contribution in [0.1, 0.15) is 42.8 Å². The van der Waals surface area contributed by atoms with Crippen molar-refractivity contribution in [1.82, 2.24) is 0 Å². The molecular formula is C13H17ClO2. The van der Waals surface area contributed by atoms with Crippen molar-refractivity contribution in [3.05, 3.63) is 34.9 Å². The molecule has 0 fully saturated rings. The maximum Gasteiger partial charge on any atom is 0.326 e. The van der Waals surface area contributed by atoms with Gasteiger partial charge in [-0.1, -0.05) is 39.0 Å². The van der Waals surface area contributed by atoms with E-state index in [-0.39, 0.29) is 5.41 Å². The molecule has 0 amide bonds. The highest BCUT2D eigenvalue weighted by molar-refractivity contribution is 6.29. The Kier molecular flexibility index (Phi) is 3.64. The Bertz CT molecular complexity index is 405. The van der Waals surface area contributed by atoms with Crippen LogP contribution in [0.15, 0.2) is 18.2 Å². The largest absolute Gasteiger partial charge is 0.480 e. The first-order valence-corrected chi connectivity index (χ1v) is 5.65. The molecule has 0 aliphatic carbocycles. The van der Waals surface area contributed by atoms with Crippen LogP contribution in [0.2, 0.25) is 0 Å². The third-order valence-corrected chi connectivity index (χ3v) is 3.06. The van der Waals surface area contributed by atoms with Gasteiger partial charge in [0.15, 0.2) is 5.38 Å². The number of hydrogen-bond acceptors (Lipinski definition) is 1. The molecule has 1 atom stereocenters. The zero-order chi connectivity index (χ0) is 12.5. The van der Waals surface area contributed by atoms with Gasteiger partial charge in [-0.3, -0.25) is 4.79 Å². The van der Waals surface area contributed by atoms with Crippen molar-refractivity contribution in [2.24, 2.45) is 0 Å². The maximum absolute atomic E-state index is 10.9. The van der Waals surface area contributed by atoms with Gasteiger partial charge in [0.1, 0.15) is 0 Å². The third-order valence-electron chi connectivity index (χ3n) is 2.64. The molecule has 0 saturated heterocycles. The highest BCUT2D eigenvalue weighted by Crippen LogP contribution is 2.30. The van der Waals surface area contributed by atoms with Crippen molar-refractivity contribution in [1.29, 1.82) is 0 Å². The van der Waals surface area contributed by atoms with E-state index in [9.17, 15) is 4.79 Å². The number of halogens is 1. The molecule has 0 saturated carbocycles. The molecule has 0 aliphatic rings. The number of rotatable bonds is 2. The summed E-state index contributed by atoms with van der Waals surface area (Å²) in [7, 11) is 0. The van der Waals surface area contributed by atoms with Gasteiger partial charge in [-0.15, -0.1) is 11.6 Å². The Labute approximate surface area is 101 Å². The van der Waals surface area contributed by atoms with E-state index in [4.69, 9.17) is 16.7 Å². The van der Waals surface area contributed by atoms with Crippen molar-refractivity contribution in [2.75, 3.05) is 0 Å². The number of benzene rings is 1. The Balaban J connectivity index is 3.24. The number of carboxylic acid groups (broad SMARTS) is 1. The number of aryl methyl sites for hydroxylation is 1. The van der Waals surface area contributed by atoms with Crippen LogP contribution < -0.4 is 0 Å². The minimum absolute atomic E-state index is 0.00242. The summed E-state index contributed by atoms with van der Waals surface area (Å²) >= 11 is 5.87. The molecule has 3 heteroatoms. The van der Waals surface area contributed by atoms with Crippen molar-refractivity contribution in [3.63, 3.8) is 0 Å². The smallest absolute Gasteiger partial charge is 0.326 e. The summed E-state index contributed by atoms with van der Waals surface area (Å²) in [5.41, 5.74) is 2.69. The summed E-state index contributed by atoms with van der Waals surface area (Å²) in [6, 6.07) is 5.83. The van der Waals surface area contributed by atoms with E-state index in [2.05, 4.69) is 20.8 Å². The van der Waals surface area contributed by atoms with Gasteiger partial charge in [0.25, 0.3) is 0 Å². The minimum Gasteiger partial charge on any atom is -0.480 e. The number of carbonyl (C=O) groups is 1. The van der Waals surface area contributed by atoms with Gasteiger partial charge in [0.05, 0.1) is 0 Å². The van der Waals surface area contributed by atoms with E-state index in [0.717, 1.165) is 11.1 Å². The zero-order valence-electron chi connectivity index (χ0n) is 10.0. The number of hydrogen-bond donors (Lipinski definition) is 1. The monoisotopic (exact) mass is 240 g/mol. The summed E-state index contributed by atoms with van der Waals surface area (Å²) < 4.78 is 0. The molecule has 0 radical (unpaired) electrons. The fourth-order valence-corrected chi connectivity index (χ4v) is 1.75. The fraction of sp³-hybridized carbons (Fsp3) is 0.462. The van der Waals surface area contributed by atoms with Crippen molar-refractivity contribution >= 4 is 17.6 Å². The van der Waals surface area contributed by atoms with E-state index < -0.39 is 11.3 Å². The Morgan fingerprint density at radius 3 is 2.38 bits per heavy atom. The Hall–Kier alpha value is -1.02. The normalized spacial score (nSPS) is 13.6. The molecule has 1 rings (SSSR count). The lowest BCUT2D eigenvalue weighted by molar-refractivity contribution is -0.136. The van der Waals surface area contributed by atoms with Crippen LogP contribution in [0.4, 0.5) is 0 Å². The molecule has 88 valence electrons. The number of aliphatic carboxylic acids is 1. The van der Waals surface area contributed by atoms with Gasteiger partial charge in [-0.05, 0) is 29.0 Å². The van der Waals surface area contributed by atoms with Crippen LogP contribution in [0.25, 0.3) is 0 Å². The lowest BCUT2D eigenvalue weighted by Crippen LogP contribution is -2.13. The average molecular weight is 241 g/mol. The Morgan fingerprint density at radius 1 is 1.38 bits per heavy atom. The molecule has 0 spiro atoms. The predicted molar refractivity (Wildman–Crippen MR) is 66.1 cm³/mol. The van der Waals surface area contributed by atoms with E-state index in [1.165, 1.54) is 0 Å². The minimum atomic E-state index is -1.00. The van der Waals surface area contributed by atoms with Gasteiger partial charge in [0, 0.05) is 0 Å². The van der Waals surface area contributed by atoms with Crippen LogP contribution >= 0.6 is 11.6 Å². The highest BCUT2D eigenvalue weighted by Gasteiger charge is 2.21. The van der Waals surface area contributed by atoms with Gasteiger partial charge < -0.3 is 5.11 Å². The van der Waals surface area contributed by atoms with Crippen LogP contribution in [0.5, 0.6) is 0 Å². The van der Waals surface area contributed by atoms with Gasteiger partial charge in [0.2, 0.25) is 0 Å². The standard InChI is InChI=1S/C13H17ClO2/c1-8-5-6-9(13(2,3)4)7-10(8)11(14)12(15)16/h5-7,11H,1-4H3,(H,15,16). The Morgan fingerprint density at radius 2 is 1.94 bits per heavy atom. The lowest BCUT2D eigenvalue weighted by Gasteiger charge is -2.21. The molecule has 0 aliphatic heterocycles. The summed E-state index contributed by atoms with van der Waals surface area (Å²) in [5, 5.41) is 7.95. The quantitative estimate of drug-likeness (QED) is 0.801. The van der Waals surface area contributed by atoms with Crippen molar-refractivity contribution in [3.8, 4) is 0 Å². The van der Waals surface area contributed by atoms with E-state index in [0.29, 0.717) is 5.56 Å². The van der Waals surface area contributed by atoms with Gasteiger partial charge >= 0.3 is 5.97 Å². The van der Waals surface area contributed by atoms with Crippen LogP contribution in [-0.2, 0) is 10.2 Å². The topological polar surface area (TPSA) is 37.3 Å². The molecule has 0 aromatic heterocycles. The number of carboxylic acids is 1. The second-order valence-corrected chi connectivity index (χ2v) is 5.46. The highest BCUT2D eigenvalue weighted by atomic mass is 35.5. The first kappa shape index (κ1) is 13.0. The molecule has 0 heterocycles. The van der Waals surface area contributed by atoms with Crippen molar-refractivity contribution < 1.29 is 9.90 Å². The van der Waals surface area contributed by atoms with Gasteiger partial charge in [-0.25, -0.2) is 0 Å². The summed E-state index contributed by atoms with van der Waals surface area (Å²) in [5.74, 6) is -1.00. The molecule has 1 N–H and O–H groups in total. The maximum atomic E-state index is 10.9. The molecule has 2 nitrogen and oxygen atoms in total. The third kappa shape index (κ3) is 2.76. The first-order chi connectivity index (χ1) is 7.23. The van der Waals surface area contributed by atoms with E-state index in [1.807, 2.05) is 25.1 Å². The molecule has 16 heavy (non-hydrogen) atoms. The van der Waals surface area contributed by atoms with Gasteiger partial charge in [-0.2, -0.15) is 0 Å². The van der Waals surface area contributed by atoms with Crippen molar-refractivity contribution in [2.45, 2.75) is 38.5 Å². The summed E-state index contributed by atoms with van der Waals surface area (Å²) in [4.78, 5) is 10.9. The van der Waals surface area contributed by atoms with Crippen LogP contribution in [0.3, 0.4) is 0 Å². The SMILES string of the molecule is Cc1ccc(C(C)(C)C)cc1C(Cl)C(=O)O. The predicted octanol–water partition coefficient (Wildman–Crippen LogP) is 3.66. The lowest BCUT2D eigenvalue weighted by atomic mass is 9.85. The second-order valence-electron chi connectivity index (χ2n) is 5.02. The van der Waals surface area contributed by atoms with E-state index in [1.54, 1.807) is 0 Å². The zero-order valence-corrected chi connectivity index (χ0v) is 10.8. The molecule has 1 unspecified atom stereocenters. The summed E-state index contributed by atoms with van der Waals surface area (Å²) in [6.45, 7) is 8.14. The van der Waals surface area contributed by atoms with Crippen LogP contribution in [-0.4, -0.2) is 11.1 Å². The second kappa shape index (κ2) is 4.46. The molecule has 1 aromatic rings. The number of alkyl halides is 1. The van der Waals surface area contributed by atoms with E-state index >= 15 is 0 Å². The molecule has 0 bridgehead atoms. The fourth-order valence-electron chi connectivity index (χ4n) is 1.51. The molecule has 1 aromatic carbocycles. The molecular weight excluding hydrogens is 224 g/mol. The first-order valence-electron chi connectivity index (χ1n) is 5.21. The summed E-state index contributed by atoms with van der Waals surface area (Å²) in [6.07, 6.45) is 0. The van der Waals surface area contributed by atoms with Crippen LogP contribution in [0, 0.1) is 6.92 Å².